The predicted molar refractivity (Wildman–Crippen MR) is 222 cm³/mol. The van der Waals surface area contributed by atoms with Crippen LogP contribution in [0.2, 0.25) is 10.0 Å². The van der Waals surface area contributed by atoms with E-state index in [4.69, 9.17) is 46.9 Å². The van der Waals surface area contributed by atoms with Crippen molar-refractivity contribution in [2.24, 2.45) is 5.92 Å². The number of ether oxygens (including phenoxy) is 5. The number of rotatable bonds is 15. The lowest BCUT2D eigenvalue weighted by atomic mass is 9.82. The van der Waals surface area contributed by atoms with Gasteiger partial charge in [0.1, 0.15) is 34.3 Å². The summed E-state index contributed by atoms with van der Waals surface area (Å²) in [5.41, 5.74) is 3.60. The van der Waals surface area contributed by atoms with Crippen molar-refractivity contribution in [2.75, 3.05) is 41.0 Å². The van der Waals surface area contributed by atoms with Gasteiger partial charge in [-0.15, -0.1) is 0 Å². The number of carboxylic acid groups (broad SMARTS) is 1. The van der Waals surface area contributed by atoms with Gasteiger partial charge in [-0.2, -0.15) is 4.73 Å². The highest BCUT2D eigenvalue weighted by Gasteiger charge is 2.37. The monoisotopic (exact) mass is 841 g/mol. The fraction of sp³-hybridized carbons (Fsp3) is 0.311. The molecule has 2 bridgehead atoms. The van der Waals surface area contributed by atoms with Gasteiger partial charge in [0, 0.05) is 23.6 Å². The second kappa shape index (κ2) is 18.5. The van der Waals surface area contributed by atoms with Crippen LogP contribution in [0.15, 0.2) is 97.3 Å². The van der Waals surface area contributed by atoms with Crippen LogP contribution >= 0.6 is 23.2 Å². The maximum atomic E-state index is 13.4. The van der Waals surface area contributed by atoms with Gasteiger partial charge in [-0.3, -0.25) is 4.90 Å². The summed E-state index contributed by atoms with van der Waals surface area (Å²) in [4.78, 5) is 28.9. The average molecular weight is 843 g/mol. The van der Waals surface area contributed by atoms with Gasteiger partial charge in [-0.1, -0.05) is 71.7 Å². The number of piperidine rings is 3. The summed E-state index contributed by atoms with van der Waals surface area (Å²) in [5.74, 6) is 0.179. The number of fused-ring (bicyclic) bond motifs is 3. The third-order valence-corrected chi connectivity index (χ3v) is 11.8. The minimum Gasteiger partial charge on any atom is -0.619 e. The number of carboxylic acids is 1. The minimum atomic E-state index is -1.20. The number of amides is 1. The van der Waals surface area contributed by atoms with Crippen LogP contribution in [0.4, 0.5) is 4.79 Å². The van der Waals surface area contributed by atoms with Crippen molar-refractivity contribution in [1.29, 1.82) is 0 Å². The molecule has 8 rings (SSSR count). The van der Waals surface area contributed by atoms with E-state index in [0.29, 0.717) is 50.2 Å². The molecule has 1 amide bonds. The van der Waals surface area contributed by atoms with E-state index in [0.717, 1.165) is 43.6 Å². The number of pyridine rings is 1. The number of halogens is 2. The van der Waals surface area contributed by atoms with Crippen LogP contribution in [-0.2, 0) is 17.8 Å². The summed E-state index contributed by atoms with van der Waals surface area (Å²) in [6.07, 6.45) is 3.94. The highest BCUT2D eigenvalue weighted by Crippen LogP contribution is 2.43. The first-order valence-corrected chi connectivity index (χ1v) is 20.0. The molecular formula is C45H45Cl2N3O9. The standard InChI is InChI=1S/C45H45Cl2N3O9/c1-55-38-13-12-30(21-39(38)56-2)33(22-34-36(46)23-50(54)24-37(34)47)42-35(44(51)52)18-27(19-40(42)57-3)26-58-32-11-7-10-31(20-32)43(29-8-5-4-6-9-29)48-45(53)59-41-25-49-16-14-28(41)15-17-49/h4-13,18-21,23-24,28,33,41,43H,14-17,22,25-26H2,1-3H3,(H,48,53)(H,51,52)/t33-,41-,43-/m0/s1. The Morgan fingerprint density at radius 1 is 0.847 bits per heavy atom. The number of nitrogens with zero attached hydrogens (tertiary/aromatic N) is 2. The summed E-state index contributed by atoms with van der Waals surface area (Å²) in [7, 11) is 4.49. The molecule has 59 heavy (non-hydrogen) atoms. The molecule has 4 heterocycles. The number of benzene rings is 4. The Morgan fingerprint density at radius 2 is 1.54 bits per heavy atom. The number of alkyl carbamates (subject to hydrolysis) is 1. The molecule has 0 saturated carbocycles. The molecule has 308 valence electrons. The molecule has 0 aliphatic carbocycles. The molecule has 3 aliphatic heterocycles. The minimum absolute atomic E-state index is 0.00766. The van der Waals surface area contributed by atoms with E-state index in [9.17, 15) is 19.9 Å². The number of hydrogen-bond donors (Lipinski definition) is 2. The van der Waals surface area contributed by atoms with E-state index in [2.05, 4.69) is 10.2 Å². The van der Waals surface area contributed by atoms with Gasteiger partial charge in [0.25, 0.3) is 0 Å². The molecule has 3 fully saturated rings. The van der Waals surface area contributed by atoms with Crippen LogP contribution in [0.1, 0.15) is 68.5 Å². The van der Waals surface area contributed by atoms with Gasteiger partial charge in [0.05, 0.1) is 32.9 Å². The van der Waals surface area contributed by atoms with Gasteiger partial charge in [0.15, 0.2) is 23.9 Å². The Kier molecular flexibility index (Phi) is 13.0. The summed E-state index contributed by atoms with van der Waals surface area (Å²) in [5, 5.41) is 26.2. The predicted octanol–water partition coefficient (Wildman–Crippen LogP) is 8.21. The summed E-state index contributed by atoms with van der Waals surface area (Å²) >= 11 is 13.1. The lowest BCUT2D eigenvalue weighted by Crippen LogP contribution is -2.52. The van der Waals surface area contributed by atoms with Crippen molar-refractivity contribution in [3.63, 3.8) is 0 Å². The molecule has 3 atom stereocenters. The van der Waals surface area contributed by atoms with Crippen molar-refractivity contribution < 1.29 is 43.1 Å². The third kappa shape index (κ3) is 9.46. The zero-order chi connectivity index (χ0) is 41.6. The Morgan fingerprint density at radius 3 is 2.19 bits per heavy atom. The first-order chi connectivity index (χ1) is 28.5. The molecular weight excluding hydrogens is 797 g/mol. The van der Waals surface area contributed by atoms with Gasteiger partial charge >= 0.3 is 12.1 Å². The molecule has 0 radical (unpaired) electrons. The maximum Gasteiger partial charge on any atom is 0.408 e. The van der Waals surface area contributed by atoms with Crippen molar-refractivity contribution >= 4 is 35.3 Å². The fourth-order valence-corrected chi connectivity index (χ4v) is 8.75. The lowest BCUT2D eigenvalue weighted by molar-refractivity contribution is -0.605. The van der Waals surface area contributed by atoms with Crippen LogP contribution in [0.25, 0.3) is 0 Å². The van der Waals surface area contributed by atoms with E-state index in [1.807, 2.05) is 48.5 Å². The summed E-state index contributed by atoms with van der Waals surface area (Å²) < 4.78 is 29.8. The zero-order valence-electron chi connectivity index (χ0n) is 32.9. The molecule has 1 aromatic heterocycles. The Balaban J connectivity index is 1.18. The summed E-state index contributed by atoms with van der Waals surface area (Å²) in [6, 6.07) is 25.1. The van der Waals surface area contributed by atoms with Crippen molar-refractivity contribution in [3.05, 3.63) is 152 Å². The molecule has 4 aromatic carbocycles. The van der Waals surface area contributed by atoms with Gasteiger partial charge in [-0.25, -0.2) is 9.59 Å². The SMILES string of the molecule is COc1ccc([C@H](Cc2c(Cl)c[n+]([O-])cc2Cl)c2c(OC)cc(COc3cccc([C@@H](NC(=O)O[C@H]4CN5CCC4CC5)c4ccccc4)c3)cc2C(=O)O)cc1OC. The number of aromatic carboxylic acids is 1. The first-order valence-electron chi connectivity index (χ1n) is 19.2. The molecule has 5 aromatic rings. The van der Waals surface area contributed by atoms with E-state index in [1.54, 1.807) is 36.4 Å². The second-order valence-electron chi connectivity index (χ2n) is 14.7. The Hall–Kier alpha value is -5.69. The summed E-state index contributed by atoms with van der Waals surface area (Å²) in [6.45, 7) is 2.83. The Labute approximate surface area is 352 Å². The highest BCUT2D eigenvalue weighted by atomic mass is 35.5. The maximum absolute atomic E-state index is 13.4. The first kappa shape index (κ1) is 41.5. The number of hydrogen-bond acceptors (Lipinski definition) is 9. The number of aromatic nitrogens is 1. The van der Waals surface area contributed by atoms with Crippen molar-refractivity contribution in [2.45, 2.75) is 43.9 Å². The molecule has 14 heteroatoms. The van der Waals surface area contributed by atoms with Crippen LogP contribution in [0.5, 0.6) is 23.0 Å². The normalized spacial score (nSPS) is 18.0. The molecule has 0 spiro atoms. The second-order valence-corrected chi connectivity index (χ2v) is 15.5. The number of carbonyl (C=O) groups excluding carboxylic acids is 1. The van der Waals surface area contributed by atoms with E-state index in [1.165, 1.54) is 33.7 Å². The van der Waals surface area contributed by atoms with Gasteiger partial charge < -0.3 is 39.3 Å². The van der Waals surface area contributed by atoms with E-state index < -0.39 is 24.0 Å². The molecule has 0 unspecified atom stereocenters. The quantitative estimate of drug-likeness (QED) is 0.0782. The molecule has 12 nitrogen and oxygen atoms in total. The van der Waals surface area contributed by atoms with Crippen LogP contribution in [-0.4, -0.2) is 69.1 Å². The Bertz CT molecular complexity index is 2280. The van der Waals surface area contributed by atoms with Crippen LogP contribution in [0.3, 0.4) is 0 Å². The highest BCUT2D eigenvalue weighted by molar-refractivity contribution is 6.35. The zero-order valence-corrected chi connectivity index (χ0v) is 34.4. The fourth-order valence-electron chi connectivity index (χ4n) is 8.15. The number of nitrogens with one attached hydrogen (secondary N) is 1. The van der Waals surface area contributed by atoms with Gasteiger partial charge in [-0.05, 0) is 96.9 Å². The lowest BCUT2D eigenvalue weighted by Gasteiger charge is -2.43. The van der Waals surface area contributed by atoms with Gasteiger partial charge in [0.2, 0.25) is 0 Å². The molecule has 3 saturated heterocycles. The van der Waals surface area contributed by atoms with Crippen LogP contribution < -0.4 is 29.0 Å². The average Bonchev–Trinajstić information content (AvgIpc) is 3.25. The largest absolute Gasteiger partial charge is 0.619 e. The molecule has 3 aliphatic rings. The number of carbonyl (C=O) groups is 2. The van der Waals surface area contributed by atoms with Crippen LogP contribution in [0, 0.1) is 11.1 Å². The van der Waals surface area contributed by atoms with E-state index >= 15 is 0 Å². The topological polar surface area (TPSA) is 143 Å². The molecule has 2 N–H and O–H groups in total. The number of methoxy groups -OCH3 is 3. The van der Waals surface area contributed by atoms with Crippen molar-refractivity contribution in [1.82, 2.24) is 10.2 Å². The third-order valence-electron chi connectivity index (χ3n) is 11.1. The van der Waals surface area contributed by atoms with E-state index in [-0.39, 0.29) is 40.5 Å². The van der Waals surface area contributed by atoms with Crippen molar-refractivity contribution in [3.8, 4) is 23.0 Å². The smallest absolute Gasteiger partial charge is 0.408 e.